The van der Waals surface area contributed by atoms with Crippen molar-refractivity contribution in [1.29, 1.82) is 0 Å². The second-order valence-electron chi connectivity index (χ2n) is 7.16. The Morgan fingerprint density at radius 2 is 1.77 bits per heavy atom. The van der Waals surface area contributed by atoms with Crippen LogP contribution >= 0.6 is 11.6 Å². The second kappa shape index (κ2) is 6.93. The van der Waals surface area contributed by atoms with Gasteiger partial charge in [-0.05, 0) is 55.7 Å². The number of halogens is 2. The van der Waals surface area contributed by atoms with Gasteiger partial charge in [-0.15, -0.1) is 0 Å². The highest BCUT2D eigenvalue weighted by atomic mass is 35.5. The number of nitrogens with zero attached hydrogens (tertiary/aromatic N) is 1. The number of aliphatic hydroxyl groups is 1. The molecule has 2 aromatic rings. The van der Waals surface area contributed by atoms with Crippen LogP contribution in [-0.2, 0) is 10.0 Å². The minimum atomic E-state index is -3.62. The van der Waals surface area contributed by atoms with Crippen molar-refractivity contribution in [2.45, 2.75) is 30.8 Å². The zero-order valence-corrected chi connectivity index (χ0v) is 16.2. The second-order valence-corrected chi connectivity index (χ2v) is 9.50. The van der Waals surface area contributed by atoms with Gasteiger partial charge in [-0.25, -0.2) is 12.8 Å². The molecule has 1 unspecified atom stereocenters. The molecule has 0 aromatic heterocycles. The van der Waals surface area contributed by atoms with Gasteiger partial charge >= 0.3 is 0 Å². The molecule has 26 heavy (non-hydrogen) atoms. The van der Waals surface area contributed by atoms with Crippen molar-refractivity contribution in [3.63, 3.8) is 0 Å². The minimum absolute atomic E-state index is 0.0448. The van der Waals surface area contributed by atoms with E-state index in [0.29, 0.717) is 30.6 Å². The zero-order valence-electron chi connectivity index (χ0n) is 14.6. The highest BCUT2D eigenvalue weighted by Crippen LogP contribution is 2.32. The molecule has 7 heteroatoms. The van der Waals surface area contributed by atoms with Gasteiger partial charge in [0.2, 0.25) is 10.0 Å². The van der Waals surface area contributed by atoms with E-state index in [0.717, 1.165) is 0 Å². The van der Waals surface area contributed by atoms with E-state index in [1.807, 2.05) is 0 Å². The summed E-state index contributed by atoms with van der Waals surface area (Å²) in [7, 11) is -3.62. The van der Waals surface area contributed by atoms with Crippen LogP contribution in [0.4, 0.5) is 4.39 Å². The number of rotatable bonds is 4. The molecule has 1 saturated heterocycles. The average molecular weight is 398 g/mol. The summed E-state index contributed by atoms with van der Waals surface area (Å²) in [5.74, 6) is -0.607. The third kappa shape index (κ3) is 3.78. The lowest BCUT2D eigenvalue weighted by Crippen LogP contribution is -2.35. The molecule has 1 fully saturated rings. The summed E-state index contributed by atoms with van der Waals surface area (Å²) in [5, 5.41) is 10.2. The lowest BCUT2D eigenvalue weighted by atomic mass is 9.91. The standard InChI is InChI=1S/C19H21ClFNO3S/c1-19(2,23)15-9-10-22(12-15)26(24,25)16-6-3-13(4-7-16)14-5-8-17(20)18(21)11-14/h3-8,11,15,23H,9-10,12H2,1-2H3. The minimum Gasteiger partial charge on any atom is -0.390 e. The lowest BCUT2D eigenvalue weighted by molar-refractivity contribution is 0.0236. The molecule has 140 valence electrons. The Hall–Kier alpha value is -1.47. The van der Waals surface area contributed by atoms with Gasteiger partial charge in [0.25, 0.3) is 0 Å². The Balaban J connectivity index is 1.82. The van der Waals surface area contributed by atoms with Crippen LogP contribution in [-0.4, -0.2) is 36.5 Å². The summed E-state index contributed by atoms with van der Waals surface area (Å²) in [4.78, 5) is 0.187. The van der Waals surface area contributed by atoms with Crippen LogP contribution in [0, 0.1) is 11.7 Å². The van der Waals surface area contributed by atoms with E-state index in [2.05, 4.69) is 0 Å². The van der Waals surface area contributed by atoms with Gasteiger partial charge in [0.05, 0.1) is 15.5 Å². The Bertz CT molecular complexity index is 907. The number of hydrogen-bond acceptors (Lipinski definition) is 3. The first-order valence-corrected chi connectivity index (χ1v) is 10.2. The molecule has 4 nitrogen and oxygen atoms in total. The molecule has 0 aliphatic carbocycles. The van der Waals surface area contributed by atoms with E-state index < -0.39 is 21.4 Å². The van der Waals surface area contributed by atoms with E-state index in [9.17, 15) is 17.9 Å². The molecule has 2 aromatic carbocycles. The molecule has 0 amide bonds. The molecular formula is C19H21ClFNO3S. The molecule has 1 aliphatic heterocycles. The van der Waals surface area contributed by atoms with Crippen LogP contribution in [0.1, 0.15) is 20.3 Å². The van der Waals surface area contributed by atoms with Gasteiger partial charge in [0.1, 0.15) is 5.82 Å². The van der Waals surface area contributed by atoms with E-state index in [1.165, 1.54) is 28.6 Å². The van der Waals surface area contributed by atoms with Crippen molar-refractivity contribution >= 4 is 21.6 Å². The quantitative estimate of drug-likeness (QED) is 0.850. The largest absolute Gasteiger partial charge is 0.390 e. The molecule has 0 radical (unpaired) electrons. The van der Waals surface area contributed by atoms with Crippen LogP contribution in [0.2, 0.25) is 5.02 Å². The number of hydrogen-bond donors (Lipinski definition) is 1. The van der Waals surface area contributed by atoms with Crippen LogP contribution in [0.3, 0.4) is 0 Å². The molecule has 1 aliphatic rings. The Morgan fingerprint density at radius 1 is 1.15 bits per heavy atom. The monoisotopic (exact) mass is 397 g/mol. The van der Waals surface area contributed by atoms with Crippen LogP contribution in [0.15, 0.2) is 47.4 Å². The van der Waals surface area contributed by atoms with Gasteiger partial charge in [-0.3, -0.25) is 0 Å². The van der Waals surface area contributed by atoms with Crippen molar-refractivity contribution in [2.24, 2.45) is 5.92 Å². The van der Waals surface area contributed by atoms with E-state index >= 15 is 0 Å². The van der Waals surface area contributed by atoms with Crippen molar-refractivity contribution in [1.82, 2.24) is 4.31 Å². The third-order valence-electron chi connectivity index (χ3n) is 4.90. The highest BCUT2D eigenvalue weighted by molar-refractivity contribution is 7.89. The Labute approximate surface area is 158 Å². The fourth-order valence-electron chi connectivity index (χ4n) is 3.17. The first kappa shape index (κ1) is 19.3. The predicted octanol–water partition coefficient (Wildman–Crippen LogP) is 3.93. The normalized spacial score (nSPS) is 19.0. The maximum Gasteiger partial charge on any atom is 0.243 e. The topological polar surface area (TPSA) is 57.6 Å². The first-order valence-electron chi connectivity index (χ1n) is 8.37. The van der Waals surface area contributed by atoms with Crippen LogP contribution in [0.5, 0.6) is 0 Å². The van der Waals surface area contributed by atoms with Crippen molar-refractivity contribution in [3.05, 3.63) is 53.3 Å². The highest BCUT2D eigenvalue weighted by Gasteiger charge is 2.38. The van der Waals surface area contributed by atoms with Gasteiger partial charge in [-0.2, -0.15) is 4.31 Å². The summed E-state index contributed by atoms with van der Waals surface area (Å²) in [6.45, 7) is 4.10. The maximum atomic E-state index is 13.6. The smallest absolute Gasteiger partial charge is 0.243 e. The average Bonchev–Trinajstić information content (AvgIpc) is 3.09. The van der Waals surface area contributed by atoms with Gasteiger partial charge < -0.3 is 5.11 Å². The van der Waals surface area contributed by atoms with E-state index in [4.69, 9.17) is 11.6 Å². The molecule has 0 saturated carbocycles. The molecule has 1 N–H and O–H groups in total. The van der Waals surface area contributed by atoms with Crippen molar-refractivity contribution < 1.29 is 17.9 Å². The van der Waals surface area contributed by atoms with Gasteiger partial charge in [-0.1, -0.05) is 29.8 Å². The molecule has 3 rings (SSSR count). The lowest BCUT2D eigenvalue weighted by Gasteiger charge is -2.25. The SMILES string of the molecule is CC(C)(O)C1CCN(S(=O)(=O)c2ccc(-c3ccc(Cl)c(F)c3)cc2)C1. The van der Waals surface area contributed by atoms with Crippen LogP contribution in [0.25, 0.3) is 11.1 Å². The summed E-state index contributed by atoms with van der Waals surface area (Å²) in [5.41, 5.74) is 0.418. The molecular weight excluding hydrogens is 377 g/mol. The molecule has 0 spiro atoms. The molecule has 0 bridgehead atoms. The Morgan fingerprint density at radius 3 is 2.31 bits per heavy atom. The number of benzene rings is 2. The van der Waals surface area contributed by atoms with E-state index in [-0.39, 0.29) is 15.8 Å². The summed E-state index contributed by atoms with van der Waals surface area (Å²) >= 11 is 5.69. The first-order chi connectivity index (χ1) is 12.1. The van der Waals surface area contributed by atoms with E-state index in [1.54, 1.807) is 32.0 Å². The van der Waals surface area contributed by atoms with Crippen molar-refractivity contribution in [2.75, 3.05) is 13.1 Å². The van der Waals surface area contributed by atoms with Gasteiger partial charge in [0, 0.05) is 19.0 Å². The summed E-state index contributed by atoms with van der Waals surface area (Å²) in [6.07, 6.45) is 0.630. The van der Waals surface area contributed by atoms with Crippen molar-refractivity contribution in [3.8, 4) is 11.1 Å². The molecule has 1 atom stereocenters. The summed E-state index contributed by atoms with van der Waals surface area (Å²) in [6, 6.07) is 10.8. The van der Waals surface area contributed by atoms with Gasteiger partial charge in [0.15, 0.2) is 0 Å². The fourth-order valence-corrected chi connectivity index (χ4v) is 4.78. The van der Waals surface area contributed by atoms with Crippen LogP contribution < -0.4 is 0 Å². The molecule has 1 heterocycles. The zero-order chi connectivity index (χ0) is 19.1. The fraction of sp³-hybridized carbons (Fsp3) is 0.368. The summed E-state index contributed by atoms with van der Waals surface area (Å²) < 4.78 is 40.7. The maximum absolute atomic E-state index is 13.6. The number of sulfonamides is 1. The Kier molecular flexibility index (Phi) is 5.14. The third-order valence-corrected chi connectivity index (χ3v) is 7.08. The predicted molar refractivity (Wildman–Crippen MR) is 100 cm³/mol.